The fourth-order valence-corrected chi connectivity index (χ4v) is 0.809. The van der Waals surface area contributed by atoms with Crippen molar-refractivity contribution in [3.05, 3.63) is 30.7 Å². The van der Waals surface area contributed by atoms with Crippen molar-refractivity contribution in [3.8, 4) is 0 Å². The molecule has 9 heavy (non-hydrogen) atoms. The van der Waals surface area contributed by atoms with Crippen LogP contribution in [-0.4, -0.2) is 10.1 Å². The van der Waals surface area contributed by atoms with Crippen LogP contribution in [0.15, 0.2) is 30.7 Å². The summed E-state index contributed by atoms with van der Waals surface area (Å²) in [4.78, 5) is 3.02. The van der Waals surface area contributed by atoms with Crippen LogP contribution in [0.5, 0.6) is 0 Å². The molecule has 0 unspecified atom stereocenters. The van der Waals surface area contributed by atoms with Crippen molar-refractivity contribution in [1.29, 1.82) is 0 Å². The maximum absolute atomic E-state index is 4.03. The highest BCUT2D eigenvalue weighted by atomic mass is 15.2. The number of hydrogen-bond donors (Lipinski definition) is 1. The van der Waals surface area contributed by atoms with Gasteiger partial charge in [0.25, 0.3) is 0 Å². The topological polar surface area (TPSA) is 32.8 Å². The molecule has 0 spiro atoms. The van der Waals surface area contributed by atoms with Gasteiger partial charge in [0.1, 0.15) is 6.20 Å². The lowest BCUT2D eigenvalue weighted by molar-refractivity contribution is -0.579. The lowest BCUT2D eigenvalue weighted by atomic mass is 10.6. The van der Waals surface area contributed by atoms with E-state index in [4.69, 9.17) is 0 Å². The summed E-state index contributed by atoms with van der Waals surface area (Å²) in [6.07, 6.45) is 5.47. The zero-order valence-corrected chi connectivity index (χ0v) is 4.78. The first kappa shape index (κ1) is 4.49. The third-order valence-corrected chi connectivity index (χ3v) is 1.23. The molecule has 0 fully saturated rings. The van der Waals surface area contributed by atoms with E-state index in [9.17, 15) is 0 Å². The summed E-state index contributed by atoms with van der Waals surface area (Å²) in [7, 11) is 0. The molecule has 3 heteroatoms. The van der Waals surface area contributed by atoms with Crippen LogP contribution < -0.4 is 4.52 Å². The highest BCUT2D eigenvalue weighted by molar-refractivity contribution is 5.25. The predicted molar refractivity (Wildman–Crippen MR) is 31.7 cm³/mol. The first-order valence-corrected chi connectivity index (χ1v) is 2.77. The smallest absolute Gasteiger partial charge is 0.242 e. The van der Waals surface area contributed by atoms with E-state index in [1.165, 1.54) is 0 Å². The Labute approximate surface area is 52.0 Å². The van der Waals surface area contributed by atoms with E-state index in [1.807, 2.05) is 24.5 Å². The number of nitrogens with one attached hydrogen (secondary N) is 1. The Morgan fingerprint density at radius 2 is 2.56 bits per heavy atom. The molecule has 2 heterocycles. The highest BCUT2D eigenvalue weighted by Gasteiger charge is 1.96. The molecular weight excluding hydrogens is 114 g/mol. The van der Waals surface area contributed by atoms with Gasteiger partial charge < -0.3 is 0 Å². The van der Waals surface area contributed by atoms with Gasteiger partial charge in [0.15, 0.2) is 6.20 Å². The molecule has 1 N–H and O–H groups in total. The van der Waals surface area contributed by atoms with Crippen LogP contribution in [0.25, 0.3) is 5.65 Å². The first-order valence-electron chi connectivity index (χ1n) is 2.77. The Bertz CT molecular complexity index is 282. The lowest BCUT2D eigenvalue weighted by Gasteiger charge is -1.76. The number of fused-ring (bicyclic) bond motifs is 1. The summed E-state index contributed by atoms with van der Waals surface area (Å²) in [5.41, 5.74) is 1.01. The molecule has 0 saturated carbocycles. The minimum absolute atomic E-state index is 1.01. The molecule has 0 aliphatic carbocycles. The largest absolute Gasteiger partial charge is 0.304 e. The molecule has 0 aromatic carbocycles. The molecule has 2 rings (SSSR count). The third kappa shape index (κ3) is 0.579. The van der Waals surface area contributed by atoms with E-state index < -0.39 is 0 Å². The third-order valence-electron chi connectivity index (χ3n) is 1.23. The zero-order chi connectivity index (χ0) is 6.10. The molecule has 0 saturated heterocycles. The summed E-state index contributed by atoms with van der Waals surface area (Å²) in [6, 6.07) is 3.86. The van der Waals surface area contributed by atoms with Crippen LogP contribution in [-0.2, 0) is 0 Å². The summed E-state index contributed by atoms with van der Waals surface area (Å²) in [5.74, 6) is 0. The standard InChI is InChI=1S/C6H5N3/c1-2-6-7-4-5-9(6)8-3-1/h1-5H/p+1. The number of hydrogen-bond acceptors (Lipinski definition) is 1. The van der Waals surface area contributed by atoms with Crippen LogP contribution in [0.2, 0.25) is 0 Å². The van der Waals surface area contributed by atoms with Crippen LogP contribution in [0, 0.1) is 0 Å². The molecule has 0 aliphatic rings. The second-order valence-corrected chi connectivity index (χ2v) is 1.81. The summed E-state index contributed by atoms with van der Waals surface area (Å²) < 4.78 is 1.78. The summed E-state index contributed by atoms with van der Waals surface area (Å²) in [6.45, 7) is 0. The van der Waals surface area contributed by atoms with Gasteiger partial charge in [-0.1, -0.05) is 5.10 Å². The quantitative estimate of drug-likeness (QED) is 0.493. The highest BCUT2D eigenvalue weighted by Crippen LogP contribution is 1.84. The normalized spacial score (nSPS) is 10.2. The van der Waals surface area contributed by atoms with Crippen molar-refractivity contribution >= 4 is 5.65 Å². The number of imidazole rings is 1. The van der Waals surface area contributed by atoms with Crippen molar-refractivity contribution in [2.24, 2.45) is 0 Å². The Kier molecular flexibility index (Phi) is 0.773. The Hall–Kier alpha value is -1.38. The van der Waals surface area contributed by atoms with Crippen molar-refractivity contribution in [1.82, 2.24) is 10.1 Å². The van der Waals surface area contributed by atoms with Crippen LogP contribution in [0.3, 0.4) is 0 Å². The first-order chi connectivity index (χ1) is 4.47. The van der Waals surface area contributed by atoms with Gasteiger partial charge in [-0.15, -0.1) is 4.52 Å². The molecule has 0 amide bonds. The summed E-state index contributed by atoms with van der Waals surface area (Å²) in [5, 5.41) is 4.03. The van der Waals surface area contributed by atoms with E-state index in [-0.39, 0.29) is 0 Å². The second kappa shape index (κ2) is 1.55. The van der Waals surface area contributed by atoms with Crippen LogP contribution in [0.1, 0.15) is 0 Å². The SMILES string of the molecule is c1cn[n+]2cc[nH]c2c1. The van der Waals surface area contributed by atoms with Gasteiger partial charge in [-0.25, -0.2) is 4.98 Å². The van der Waals surface area contributed by atoms with Crippen molar-refractivity contribution in [3.63, 3.8) is 0 Å². The van der Waals surface area contributed by atoms with E-state index >= 15 is 0 Å². The minimum atomic E-state index is 1.01. The monoisotopic (exact) mass is 120 g/mol. The average molecular weight is 120 g/mol. The summed E-state index contributed by atoms with van der Waals surface area (Å²) >= 11 is 0. The van der Waals surface area contributed by atoms with Crippen LogP contribution in [0.4, 0.5) is 0 Å². The second-order valence-electron chi connectivity index (χ2n) is 1.81. The van der Waals surface area contributed by atoms with Gasteiger partial charge in [0.2, 0.25) is 0 Å². The molecule has 0 bridgehead atoms. The fraction of sp³-hybridized carbons (Fsp3) is 0. The Morgan fingerprint density at radius 1 is 1.56 bits per heavy atom. The maximum Gasteiger partial charge on any atom is 0.304 e. The number of nitrogens with zero attached hydrogens (tertiary/aromatic N) is 2. The molecule has 44 valence electrons. The van der Waals surface area contributed by atoms with E-state index in [0.29, 0.717) is 0 Å². The number of aromatic nitrogens is 3. The molecule has 0 aliphatic heterocycles. The molecule has 0 atom stereocenters. The Balaban J connectivity index is 2.95. The molecule has 0 radical (unpaired) electrons. The molecule has 2 aromatic rings. The van der Waals surface area contributed by atoms with Crippen molar-refractivity contribution in [2.45, 2.75) is 0 Å². The zero-order valence-electron chi connectivity index (χ0n) is 4.78. The lowest BCUT2D eigenvalue weighted by Crippen LogP contribution is -2.22. The fourth-order valence-electron chi connectivity index (χ4n) is 0.809. The number of H-pyrrole nitrogens is 1. The van der Waals surface area contributed by atoms with Gasteiger partial charge in [0.05, 0.1) is 6.20 Å². The van der Waals surface area contributed by atoms with Crippen LogP contribution >= 0.6 is 0 Å². The molecule has 2 aromatic heterocycles. The van der Waals surface area contributed by atoms with E-state index in [2.05, 4.69) is 10.1 Å². The van der Waals surface area contributed by atoms with Crippen molar-refractivity contribution < 1.29 is 4.52 Å². The van der Waals surface area contributed by atoms with Gasteiger partial charge >= 0.3 is 5.65 Å². The molecule has 3 nitrogen and oxygen atoms in total. The van der Waals surface area contributed by atoms with Gasteiger partial charge in [-0.05, 0) is 6.07 Å². The average Bonchev–Trinajstić information content (AvgIpc) is 2.33. The van der Waals surface area contributed by atoms with Crippen molar-refractivity contribution in [2.75, 3.05) is 0 Å². The van der Waals surface area contributed by atoms with Gasteiger partial charge in [-0.3, -0.25) is 0 Å². The number of rotatable bonds is 0. The maximum atomic E-state index is 4.03. The van der Waals surface area contributed by atoms with E-state index in [0.717, 1.165) is 5.65 Å². The molecular formula is C6H6N3+. The Morgan fingerprint density at radius 3 is 3.44 bits per heavy atom. The number of aromatic amines is 1. The van der Waals surface area contributed by atoms with E-state index in [1.54, 1.807) is 10.7 Å². The van der Waals surface area contributed by atoms with Gasteiger partial charge in [-0.2, -0.15) is 0 Å². The predicted octanol–water partition coefficient (Wildman–Crippen LogP) is 0.148. The van der Waals surface area contributed by atoms with Gasteiger partial charge in [0, 0.05) is 6.07 Å². The minimum Gasteiger partial charge on any atom is -0.242 e.